The molecule has 21 heavy (non-hydrogen) atoms. The number of nitrogens with zero attached hydrogens (tertiary/aromatic N) is 2. The highest BCUT2D eigenvalue weighted by Gasteiger charge is 2.40. The van der Waals surface area contributed by atoms with Crippen molar-refractivity contribution in [3.63, 3.8) is 0 Å². The second-order valence-electron chi connectivity index (χ2n) is 6.22. The van der Waals surface area contributed by atoms with Crippen molar-refractivity contribution in [2.24, 2.45) is 11.3 Å². The van der Waals surface area contributed by atoms with Crippen molar-refractivity contribution in [2.75, 3.05) is 18.8 Å². The maximum atomic E-state index is 12.5. The lowest BCUT2D eigenvalue weighted by Gasteiger charge is -2.34. The summed E-state index contributed by atoms with van der Waals surface area (Å²) in [6.45, 7) is 0.502. The van der Waals surface area contributed by atoms with Crippen LogP contribution in [0.15, 0.2) is 0 Å². The standard InChI is InChI=1S/C14H22N2O4S/c15-10-14(6-2-1-3-7-14)11-21(19,20)16-8-4-12(5-9-16)13(17)18/h12H,1-9,11H2,(H,17,18). The first kappa shape index (κ1) is 16.2. The molecule has 0 unspecified atom stereocenters. The summed E-state index contributed by atoms with van der Waals surface area (Å²) in [5.74, 6) is -1.42. The Labute approximate surface area is 125 Å². The zero-order chi connectivity index (χ0) is 15.5. The molecule has 7 heteroatoms. The van der Waals surface area contributed by atoms with Gasteiger partial charge < -0.3 is 5.11 Å². The van der Waals surface area contributed by atoms with Gasteiger partial charge in [0.1, 0.15) is 0 Å². The number of sulfonamides is 1. The summed E-state index contributed by atoms with van der Waals surface area (Å²) in [4.78, 5) is 10.9. The van der Waals surface area contributed by atoms with E-state index < -0.39 is 27.3 Å². The highest BCUT2D eigenvalue weighted by atomic mass is 32.2. The molecule has 0 spiro atoms. The third-order valence-corrected chi connectivity index (χ3v) is 6.77. The highest BCUT2D eigenvalue weighted by Crippen LogP contribution is 2.37. The summed E-state index contributed by atoms with van der Waals surface area (Å²) in [5, 5.41) is 18.4. The summed E-state index contributed by atoms with van der Waals surface area (Å²) in [5.41, 5.74) is -0.749. The normalized spacial score (nSPS) is 24.3. The first-order chi connectivity index (χ1) is 9.88. The van der Waals surface area contributed by atoms with Gasteiger partial charge in [0.15, 0.2) is 0 Å². The Hall–Kier alpha value is -1.13. The second-order valence-corrected chi connectivity index (χ2v) is 8.19. The van der Waals surface area contributed by atoms with Crippen molar-refractivity contribution in [3.8, 4) is 6.07 Å². The molecular formula is C14H22N2O4S. The summed E-state index contributed by atoms with van der Waals surface area (Å²) in [7, 11) is -3.48. The van der Waals surface area contributed by atoms with E-state index >= 15 is 0 Å². The smallest absolute Gasteiger partial charge is 0.306 e. The van der Waals surface area contributed by atoms with Crippen LogP contribution in [0.1, 0.15) is 44.9 Å². The predicted octanol–water partition coefficient (Wildman–Crippen LogP) is 1.59. The molecule has 1 saturated carbocycles. The number of hydrogen-bond donors (Lipinski definition) is 1. The topological polar surface area (TPSA) is 98.5 Å². The van der Waals surface area contributed by atoms with Crippen LogP contribution in [-0.4, -0.2) is 42.6 Å². The third kappa shape index (κ3) is 3.74. The number of carboxylic acids is 1. The molecular weight excluding hydrogens is 292 g/mol. The van der Waals surface area contributed by atoms with Crippen LogP contribution in [0.25, 0.3) is 0 Å². The number of nitriles is 1. The van der Waals surface area contributed by atoms with Crippen molar-refractivity contribution >= 4 is 16.0 Å². The van der Waals surface area contributed by atoms with Gasteiger partial charge in [-0.25, -0.2) is 12.7 Å². The van der Waals surface area contributed by atoms with E-state index in [9.17, 15) is 18.5 Å². The molecule has 1 aliphatic heterocycles. The maximum Gasteiger partial charge on any atom is 0.306 e. The molecule has 0 aromatic carbocycles. The SMILES string of the molecule is N#CC1(CS(=O)(=O)N2CCC(C(=O)O)CC2)CCCCC1. The van der Waals surface area contributed by atoms with Crippen LogP contribution in [-0.2, 0) is 14.8 Å². The molecule has 118 valence electrons. The summed E-state index contributed by atoms with van der Waals surface area (Å²) >= 11 is 0. The number of aliphatic carboxylic acids is 1. The van der Waals surface area contributed by atoms with Gasteiger partial charge in [-0.3, -0.25) is 4.79 Å². The largest absolute Gasteiger partial charge is 0.481 e. The van der Waals surface area contributed by atoms with Crippen LogP contribution in [0.3, 0.4) is 0 Å². The molecule has 0 bridgehead atoms. The molecule has 0 radical (unpaired) electrons. The van der Waals surface area contributed by atoms with Crippen molar-refractivity contribution in [3.05, 3.63) is 0 Å². The molecule has 0 aromatic heterocycles. The molecule has 0 atom stereocenters. The Bertz CT molecular complexity index is 524. The van der Waals surface area contributed by atoms with Gasteiger partial charge in [0, 0.05) is 13.1 Å². The first-order valence-electron chi connectivity index (χ1n) is 7.50. The molecule has 1 heterocycles. The van der Waals surface area contributed by atoms with E-state index in [-0.39, 0.29) is 18.8 Å². The zero-order valence-corrected chi connectivity index (χ0v) is 12.9. The molecule has 1 saturated heterocycles. The van der Waals surface area contributed by atoms with Crippen LogP contribution in [0.4, 0.5) is 0 Å². The number of carboxylic acid groups (broad SMARTS) is 1. The quantitative estimate of drug-likeness (QED) is 0.849. The van der Waals surface area contributed by atoms with Gasteiger partial charge in [0.2, 0.25) is 10.0 Å². The van der Waals surface area contributed by atoms with Gasteiger partial charge in [0.25, 0.3) is 0 Å². The lowest BCUT2D eigenvalue weighted by atomic mass is 9.77. The van der Waals surface area contributed by atoms with Gasteiger partial charge in [-0.2, -0.15) is 5.26 Å². The van der Waals surface area contributed by atoms with E-state index in [2.05, 4.69) is 6.07 Å². The van der Waals surface area contributed by atoms with Crippen LogP contribution >= 0.6 is 0 Å². The van der Waals surface area contributed by atoms with Crippen molar-refractivity contribution < 1.29 is 18.3 Å². The first-order valence-corrected chi connectivity index (χ1v) is 9.11. The Kier molecular flexibility index (Phi) is 4.89. The molecule has 6 nitrogen and oxygen atoms in total. The monoisotopic (exact) mass is 314 g/mol. The molecule has 0 aromatic rings. The van der Waals surface area contributed by atoms with E-state index in [1.165, 1.54) is 4.31 Å². The minimum absolute atomic E-state index is 0.117. The lowest BCUT2D eigenvalue weighted by Crippen LogP contribution is -2.44. The molecule has 2 aliphatic rings. The number of piperidine rings is 1. The predicted molar refractivity (Wildman–Crippen MR) is 76.9 cm³/mol. The Morgan fingerprint density at radius 1 is 1.24 bits per heavy atom. The van der Waals surface area contributed by atoms with E-state index in [4.69, 9.17) is 5.11 Å². The number of hydrogen-bond acceptors (Lipinski definition) is 4. The van der Waals surface area contributed by atoms with Crippen LogP contribution in [0.5, 0.6) is 0 Å². The maximum absolute atomic E-state index is 12.5. The molecule has 1 aliphatic carbocycles. The Morgan fingerprint density at radius 2 is 1.81 bits per heavy atom. The van der Waals surface area contributed by atoms with Crippen LogP contribution < -0.4 is 0 Å². The van der Waals surface area contributed by atoms with Gasteiger partial charge in [-0.05, 0) is 25.7 Å². The van der Waals surface area contributed by atoms with Crippen molar-refractivity contribution in [1.29, 1.82) is 5.26 Å². The van der Waals surface area contributed by atoms with E-state index in [0.29, 0.717) is 25.7 Å². The minimum Gasteiger partial charge on any atom is -0.481 e. The summed E-state index contributed by atoms with van der Waals surface area (Å²) in [6, 6.07) is 2.24. The fraction of sp³-hybridized carbons (Fsp3) is 0.857. The number of rotatable bonds is 4. The van der Waals surface area contributed by atoms with Crippen LogP contribution in [0.2, 0.25) is 0 Å². The van der Waals surface area contributed by atoms with E-state index in [0.717, 1.165) is 19.3 Å². The Balaban J connectivity index is 2.02. The summed E-state index contributed by atoms with van der Waals surface area (Å²) < 4.78 is 26.4. The minimum atomic E-state index is -3.48. The fourth-order valence-electron chi connectivity index (χ4n) is 3.34. The van der Waals surface area contributed by atoms with E-state index in [1.54, 1.807) is 0 Å². The Morgan fingerprint density at radius 3 is 2.29 bits per heavy atom. The van der Waals surface area contributed by atoms with Crippen molar-refractivity contribution in [1.82, 2.24) is 4.31 Å². The molecule has 0 amide bonds. The highest BCUT2D eigenvalue weighted by molar-refractivity contribution is 7.89. The van der Waals surface area contributed by atoms with Gasteiger partial charge >= 0.3 is 5.97 Å². The van der Waals surface area contributed by atoms with Gasteiger partial charge in [-0.1, -0.05) is 19.3 Å². The molecule has 1 N–H and O–H groups in total. The average Bonchev–Trinajstić information content (AvgIpc) is 2.48. The summed E-state index contributed by atoms with van der Waals surface area (Å²) in [6.07, 6.45) is 4.88. The van der Waals surface area contributed by atoms with Gasteiger partial charge in [0.05, 0.1) is 23.2 Å². The van der Waals surface area contributed by atoms with Gasteiger partial charge in [-0.15, -0.1) is 0 Å². The fourth-order valence-corrected chi connectivity index (χ4v) is 5.34. The third-order valence-electron chi connectivity index (χ3n) is 4.70. The van der Waals surface area contributed by atoms with E-state index in [1.807, 2.05) is 0 Å². The molecule has 2 fully saturated rings. The zero-order valence-electron chi connectivity index (χ0n) is 12.1. The average molecular weight is 314 g/mol. The molecule has 2 rings (SSSR count). The van der Waals surface area contributed by atoms with Crippen molar-refractivity contribution in [2.45, 2.75) is 44.9 Å². The lowest BCUT2D eigenvalue weighted by molar-refractivity contribution is -0.142. The number of carbonyl (C=O) groups is 1. The van der Waals surface area contributed by atoms with Crippen LogP contribution in [0, 0.1) is 22.7 Å². The second kappa shape index (κ2) is 6.32.